The van der Waals surface area contributed by atoms with Crippen LogP contribution in [0.2, 0.25) is 0 Å². The van der Waals surface area contributed by atoms with Crippen LogP contribution in [0.3, 0.4) is 0 Å². The first-order chi connectivity index (χ1) is 9.38. The van der Waals surface area contributed by atoms with Crippen molar-refractivity contribution < 1.29 is 4.74 Å². The van der Waals surface area contributed by atoms with Gasteiger partial charge in [-0.15, -0.1) is 0 Å². The fourth-order valence-corrected chi connectivity index (χ4v) is 2.67. The molecule has 1 heterocycles. The van der Waals surface area contributed by atoms with Crippen LogP contribution in [0, 0.1) is 0 Å². The molecule has 1 aromatic heterocycles. The van der Waals surface area contributed by atoms with Gasteiger partial charge < -0.3 is 10.5 Å². The molecule has 3 rings (SSSR count). The Bertz CT molecular complexity index is 568. The summed E-state index contributed by atoms with van der Waals surface area (Å²) in [5.41, 5.74) is 9.41. The summed E-state index contributed by atoms with van der Waals surface area (Å²) in [6.07, 6.45) is 7.05. The van der Waals surface area contributed by atoms with Gasteiger partial charge in [-0.05, 0) is 36.5 Å². The van der Waals surface area contributed by atoms with Crippen LogP contribution >= 0.6 is 0 Å². The second-order valence-corrected chi connectivity index (χ2v) is 4.89. The number of fused-ring (bicyclic) bond motifs is 1. The highest BCUT2D eigenvalue weighted by Gasteiger charge is 2.21. The maximum Gasteiger partial charge on any atom is 0.127 e. The van der Waals surface area contributed by atoms with Crippen molar-refractivity contribution in [2.75, 3.05) is 0 Å². The Balaban J connectivity index is 1.88. The van der Waals surface area contributed by atoms with Crippen LogP contribution < -0.4 is 10.5 Å². The smallest absolute Gasteiger partial charge is 0.127 e. The molecule has 0 saturated carbocycles. The van der Waals surface area contributed by atoms with Gasteiger partial charge in [-0.1, -0.05) is 24.3 Å². The van der Waals surface area contributed by atoms with Crippen LogP contribution in [0.5, 0.6) is 5.75 Å². The Morgan fingerprint density at radius 1 is 1.26 bits per heavy atom. The topological polar surface area (TPSA) is 48.1 Å². The van der Waals surface area contributed by atoms with Gasteiger partial charge in [0.25, 0.3) is 0 Å². The molecule has 1 unspecified atom stereocenters. The minimum absolute atomic E-state index is 0.137. The second-order valence-electron chi connectivity index (χ2n) is 4.89. The molecule has 0 bridgehead atoms. The standard InChI is InChI=1S/C16H18N2O/c17-10-13-11-18-9-8-15(13)19-16-7-3-5-12-4-1-2-6-14(12)16/h1-2,4,6,8-9,11,16H,3,5,7,10,17H2. The maximum atomic E-state index is 6.18. The number of benzene rings is 1. The maximum absolute atomic E-state index is 6.18. The van der Waals surface area contributed by atoms with Gasteiger partial charge in [0.2, 0.25) is 0 Å². The average molecular weight is 254 g/mol. The van der Waals surface area contributed by atoms with E-state index in [1.807, 2.05) is 6.07 Å². The number of aromatic nitrogens is 1. The van der Waals surface area contributed by atoms with Gasteiger partial charge in [0.15, 0.2) is 0 Å². The number of aryl methyl sites for hydroxylation is 1. The van der Waals surface area contributed by atoms with E-state index in [0.717, 1.165) is 24.2 Å². The van der Waals surface area contributed by atoms with E-state index in [-0.39, 0.29) is 6.10 Å². The lowest BCUT2D eigenvalue weighted by Crippen LogP contribution is -2.16. The fourth-order valence-electron chi connectivity index (χ4n) is 2.67. The molecule has 0 radical (unpaired) electrons. The average Bonchev–Trinajstić information content (AvgIpc) is 2.48. The summed E-state index contributed by atoms with van der Waals surface area (Å²) in [4.78, 5) is 4.09. The molecule has 1 aliphatic rings. The van der Waals surface area contributed by atoms with Crippen LogP contribution in [0.15, 0.2) is 42.7 Å². The van der Waals surface area contributed by atoms with E-state index in [2.05, 4.69) is 29.2 Å². The third kappa shape index (κ3) is 2.47. The summed E-state index contributed by atoms with van der Waals surface area (Å²) in [6.45, 7) is 0.456. The molecule has 0 fully saturated rings. The number of hydrogen-bond acceptors (Lipinski definition) is 3. The lowest BCUT2D eigenvalue weighted by Gasteiger charge is -2.27. The molecule has 0 amide bonds. The van der Waals surface area contributed by atoms with E-state index < -0.39 is 0 Å². The number of ether oxygens (including phenoxy) is 1. The molecular formula is C16H18N2O. The normalized spacial score (nSPS) is 17.8. The number of pyridine rings is 1. The first-order valence-corrected chi connectivity index (χ1v) is 6.76. The fraction of sp³-hybridized carbons (Fsp3) is 0.312. The van der Waals surface area contributed by atoms with E-state index in [1.165, 1.54) is 17.5 Å². The molecule has 3 nitrogen and oxygen atoms in total. The molecule has 2 aromatic rings. The van der Waals surface area contributed by atoms with Crippen LogP contribution in [-0.2, 0) is 13.0 Å². The van der Waals surface area contributed by atoms with Crippen molar-refractivity contribution in [3.05, 3.63) is 59.4 Å². The molecule has 1 aromatic carbocycles. The molecule has 0 spiro atoms. The van der Waals surface area contributed by atoms with Gasteiger partial charge >= 0.3 is 0 Å². The molecule has 1 atom stereocenters. The number of nitrogens with zero attached hydrogens (tertiary/aromatic N) is 1. The lowest BCUT2D eigenvalue weighted by molar-refractivity contribution is 0.181. The van der Waals surface area contributed by atoms with Gasteiger partial charge in [0, 0.05) is 24.5 Å². The summed E-state index contributed by atoms with van der Waals surface area (Å²) in [7, 11) is 0. The van der Waals surface area contributed by atoms with Crippen LogP contribution in [0.4, 0.5) is 0 Å². The highest BCUT2D eigenvalue weighted by molar-refractivity contribution is 5.35. The Morgan fingerprint density at radius 2 is 2.16 bits per heavy atom. The number of hydrogen-bond donors (Lipinski definition) is 1. The van der Waals surface area contributed by atoms with Crippen LogP contribution in [0.1, 0.15) is 35.6 Å². The third-order valence-electron chi connectivity index (χ3n) is 3.66. The van der Waals surface area contributed by atoms with E-state index >= 15 is 0 Å². The summed E-state index contributed by atoms with van der Waals surface area (Å²) in [5.74, 6) is 0.860. The molecule has 1 aliphatic carbocycles. The molecule has 0 aliphatic heterocycles. The predicted octanol–water partition coefficient (Wildman–Crippen LogP) is 3.00. The number of rotatable bonds is 3. The van der Waals surface area contributed by atoms with Crippen molar-refractivity contribution in [1.82, 2.24) is 4.98 Å². The molecule has 19 heavy (non-hydrogen) atoms. The highest BCUT2D eigenvalue weighted by atomic mass is 16.5. The lowest BCUT2D eigenvalue weighted by atomic mass is 9.89. The first-order valence-electron chi connectivity index (χ1n) is 6.76. The monoisotopic (exact) mass is 254 g/mol. The van der Waals surface area contributed by atoms with Crippen molar-refractivity contribution in [2.24, 2.45) is 5.73 Å². The van der Waals surface area contributed by atoms with Gasteiger partial charge in [-0.25, -0.2) is 0 Å². The molecular weight excluding hydrogens is 236 g/mol. The largest absolute Gasteiger partial charge is 0.485 e. The third-order valence-corrected chi connectivity index (χ3v) is 3.66. The molecule has 98 valence electrons. The predicted molar refractivity (Wildman–Crippen MR) is 74.9 cm³/mol. The zero-order valence-electron chi connectivity index (χ0n) is 10.9. The zero-order chi connectivity index (χ0) is 13.1. The van der Waals surface area contributed by atoms with Gasteiger partial charge in [-0.2, -0.15) is 0 Å². The quantitative estimate of drug-likeness (QED) is 0.916. The Labute approximate surface area is 113 Å². The van der Waals surface area contributed by atoms with Crippen molar-refractivity contribution in [2.45, 2.75) is 31.9 Å². The molecule has 3 heteroatoms. The summed E-state index contributed by atoms with van der Waals surface area (Å²) >= 11 is 0. The Kier molecular flexibility index (Phi) is 3.47. The van der Waals surface area contributed by atoms with Gasteiger partial charge in [0.05, 0.1) is 0 Å². The van der Waals surface area contributed by atoms with E-state index in [1.54, 1.807) is 12.4 Å². The molecule has 0 saturated heterocycles. The summed E-state index contributed by atoms with van der Waals surface area (Å²) in [6, 6.07) is 10.4. The zero-order valence-corrected chi connectivity index (χ0v) is 10.9. The SMILES string of the molecule is NCc1cnccc1OC1CCCc2ccccc21. The second kappa shape index (κ2) is 5.41. The van der Waals surface area contributed by atoms with E-state index in [9.17, 15) is 0 Å². The minimum Gasteiger partial charge on any atom is -0.485 e. The molecule has 2 N–H and O–H groups in total. The van der Waals surface area contributed by atoms with E-state index in [4.69, 9.17) is 10.5 Å². The summed E-state index contributed by atoms with van der Waals surface area (Å²) < 4.78 is 6.18. The Hall–Kier alpha value is -1.87. The first kappa shape index (κ1) is 12.2. The number of nitrogens with two attached hydrogens (primary N) is 1. The van der Waals surface area contributed by atoms with Crippen LogP contribution in [-0.4, -0.2) is 4.98 Å². The van der Waals surface area contributed by atoms with Crippen LogP contribution in [0.25, 0.3) is 0 Å². The van der Waals surface area contributed by atoms with Crippen molar-refractivity contribution >= 4 is 0 Å². The van der Waals surface area contributed by atoms with Gasteiger partial charge in [-0.3, -0.25) is 4.98 Å². The van der Waals surface area contributed by atoms with Crippen molar-refractivity contribution in [3.8, 4) is 5.75 Å². The van der Waals surface area contributed by atoms with E-state index in [0.29, 0.717) is 6.54 Å². The van der Waals surface area contributed by atoms with Crippen molar-refractivity contribution in [3.63, 3.8) is 0 Å². The summed E-state index contributed by atoms with van der Waals surface area (Å²) in [5, 5.41) is 0. The van der Waals surface area contributed by atoms with Crippen molar-refractivity contribution in [1.29, 1.82) is 0 Å². The highest BCUT2D eigenvalue weighted by Crippen LogP contribution is 2.34. The van der Waals surface area contributed by atoms with Gasteiger partial charge in [0.1, 0.15) is 11.9 Å². The minimum atomic E-state index is 0.137. The Morgan fingerprint density at radius 3 is 3.05 bits per heavy atom.